The number of ketones is 1. The molecule has 1 saturated carbocycles. The lowest BCUT2D eigenvalue weighted by Gasteiger charge is -2.20. The van der Waals surface area contributed by atoms with Gasteiger partial charge in [-0.1, -0.05) is 13.3 Å². The number of halogens is 1. The van der Waals surface area contributed by atoms with Gasteiger partial charge in [-0.15, -0.1) is 11.3 Å². The van der Waals surface area contributed by atoms with Crippen LogP contribution >= 0.6 is 27.3 Å². The number of carbonyl (C=O) groups excluding carboxylic acids is 1. The minimum Gasteiger partial charge on any atom is -0.293 e. The van der Waals surface area contributed by atoms with Crippen LogP contribution < -0.4 is 0 Å². The number of nitrogens with zero attached hydrogens (tertiary/aromatic N) is 1. The predicted molar refractivity (Wildman–Crippen MR) is 75.9 cm³/mol. The van der Waals surface area contributed by atoms with Crippen molar-refractivity contribution >= 4 is 33.0 Å². The standard InChI is InChI=1S/C13H18BrNOS/c1-2-3-8-15(10-4-5-10)9-11(16)12-6-7-13(14)17-12/h6-7,10H,2-5,8-9H2,1H3. The summed E-state index contributed by atoms with van der Waals surface area (Å²) in [6, 6.07) is 4.54. The quantitative estimate of drug-likeness (QED) is 0.710. The van der Waals surface area contributed by atoms with Crippen LogP contribution in [0.1, 0.15) is 42.3 Å². The van der Waals surface area contributed by atoms with Gasteiger partial charge in [-0.3, -0.25) is 9.69 Å². The molecule has 0 saturated heterocycles. The monoisotopic (exact) mass is 315 g/mol. The zero-order chi connectivity index (χ0) is 12.3. The molecule has 1 heterocycles. The molecule has 0 aliphatic heterocycles. The maximum absolute atomic E-state index is 12.1. The fraction of sp³-hybridized carbons (Fsp3) is 0.615. The van der Waals surface area contributed by atoms with Crippen molar-refractivity contribution in [2.24, 2.45) is 0 Å². The number of carbonyl (C=O) groups is 1. The van der Waals surface area contributed by atoms with Crippen molar-refractivity contribution < 1.29 is 4.79 Å². The number of thiophene rings is 1. The van der Waals surface area contributed by atoms with Gasteiger partial charge in [0.2, 0.25) is 0 Å². The largest absolute Gasteiger partial charge is 0.293 e. The third kappa shape index (κ3) is 3.90. The van der Waals surface area contributed by atoms with E-state index in [2.05, 4.69) is 27.8 Å². The Hall–Kier alpha value is -0.190. The smallest absolute Gasteiger partial charge is 0.186 e. The Bertz CT molecular complexity index is 387. The Kier molecular flexibility index (Phi) is 4.77. The second-order valence-corrected chi connectivity index (χ2v) is 7.05. The number of rotatable bonds is 7. The average molecular weight is 316 g/mol. The van der Waals surface area contributed by atoms with Gasteiger partial charge in [0.25, 0.3) is 0 Å². The van der Waals surface area contributed by atoms with Crippen LogP contribution in [0.5, 0.6) is 0 Å². The van der Waals surface area contributed by atoms with Gasteiger partial charge in [-0.05, 0) is 53.9 Å². The molecule has 0 unspecified atom stereocenters. The second-order valence-electron chi connectivity index (χ2n) is 4.58. The third-order valence-corrected chi connectivity index (χ3v) is 4.72. The van der Waals surface area contributed by atoms with E-state index in [1.54, 1.807) is 0 Å². The minimum atomic E-state index is 0.267. The second kappa shape index (κ2) is 6.12. The normalized spacial score (nSPS) is 15.5. The Morgan fingerprint density at radius 1 is 1.53 bits per heavy atom. The highest BCUT2D eigenvalue weighted by molar-refractivity contribution is 9.11. The molecule has 0 N–H and O–H groups in total. The zero-order valence-electron chi connectivity index (χ0n) is 10.1. The minimum absolute atomic E-state index is 0.267. The van der Waals surface area contributed by atoms with E-state index in [1.807, 2.05) is 12.1 Å². The van der Waals surface area contributed by atoms with Crippen molar-refractivity contribution in [2.45, 2.75) is 38.6 Å². The molecule has 0 spiro atoms. The Balaban J connectivity index is 1.90. The van der Waals surface area contributed by atoms with Gasteiger partial charge < -0.3 is 0 Å². The first kappa shape index (κ1) is 13.2. The molecule has 0 bridgehead atoms. The van der Waals surface area contributed by atoms with Crippen LogP contribution in [0.25, 0.3) is 0 Å². The van der Waals surface area contributed by atoms with Crippen LogP contribution in [-0.4, -0.2) is 29.8 Å². The van der Waals surface area contributed by atoms with E-state index < -0.39 is 0 Å². The zero-order valence-corrected chi connectivity index (χ0v) is 12.5. The molecular formula is C13H18BrNOS. The number of hydrogen-bond donors (Lipinski definition) is 0. The molecule has 94 valence electrons. The van der Waals surface area contributed by atoms with Crippen molar-refractivity contribution in [3.05, 3.63) is 20.8 Å². The Morgan fingerprint density at radius 3 is 2.82 bits per heavy atom. The van der Waals surface area contributed by atoms with Crippen molar-refractivity contribution in [3.63, 3.8) is 0 Å². The molecule has 2 nitrogen and oxygen atoms in total. The fourth-order valence-electron chi connectivity index (χ4n) is 1.92. The highest BCUT2D eigenvalue weighted by Crippen LogP contribution is 2.28. The van der Waals surface area contributed by atoms with Gasteiger partial charge in [-0.25, -0.2) is 0 Å². The summed E-state index contributed by atoms with van der Waals surface area (Å²) < 4.78 is 1.03. The third-order valence-electron chi connectivity index (χ3n) is 3.06. The van der Waals surface area contributed by atoms with E-state index in [9.17, 15) is 4.79 Å². The summed E-state index contributed by atoms with van der Waals surface area (Å²) in [5, 5.41) is 0. The molecule has 1 aliphatic carbocycles. The van der Waals surface area contributed by atoms with E-state index in [4.69, 9.17) is 0 Å². The summed E-state index contributed by atoms with van der Waals surface area (Å²) in [7, 11) is 0. The molecule has 2 rings (SSSR count). The molecule has 1 aromatic rings. The lowest BCUT2D eigenvalue weighted by atomic mass is 10.2. The van der Waals surface area contributed by atoms with Gasteiger partial charge >= 0.3 is 0 Å². The van der Waals surface area contributed by atoms with Crippen LogP contribution in [-0.2, 0) is 0 Å². The fourth-order valence-corrected chi connectivity index (χ4v) is 3.23. The molecular weight excluding hydrogens is 298 g/mol. The number of unbranched alkanes of at least 4 members (excludes halogenated alkanes) is 1. The summed E-state index contributed by atoms with van der Waals surface area (Å²) in [5.41, 5.74) is 0. The predicted octanol–water partition coefficient (Wildman–Crippen LogP) is 3.96. The number of Topliss-reactive ketones (excluding diaryl/α,β-unsaturated/α-hetero) is 1. The van der Waals surface area contributed by atoms with Crippen molar-refractivity contribution in [3.8, 4) is 0 Å². The summed E-state index contributed by atoms with van der Waals surface area (Å²) in [4.78, 5) is 15.3. The summed E-state index contributed by atoms with van der Waals surface area (Å²) in [6.07, 6.45) is 4.93. The maximum Gasteiger partial charge on any atom is 0.186 e. The Morgan fingerprint density at radius 2 is 2.29 bits per heavy atom. The molecule has 0 aromatic carbocycles. The van der Waals surface area contributed by atoms with Gasteiger partial charge in [-0.2, -0.15) is 0 Å². The van der Waals surface area contributed by atoms with Gasteiger partial charge in [0, 0.05) is 6.04 Å². The molecule has 4 heteroatoms. The lowest BCUT2D eigenvalue weighted by molar-refractivity contribution is 0.0927. The molecule has 1 aliphatic rings. The van der Waals surface area contributed by atoms with Crippen LogP contribution in [0.4, 0.5) is 0 Å². The topological polar surface area (TPSA) is 20.3 Å². The summed E-state index contributed by atoms with van der Waals surface area (Å²) >= 11 is 4.94. The average Bonchev–Trinajstić information content (AvgIpc) is 3.06. The molecule has 17 heavy (non-hydrogen) atoms. The first-order valence-electron chi connectivity index (χ1n) is 6.23. The van der Waals surface area contributed by atoms with E-state index in [1.165, 1.54) is 37.0 Å². The van der Waals surface area contributed by atoms with Crippen molar-refractivity contribution in [1.82, 2.24) is 4.90 Å². The van der Waals surface area contributed by atoms with Gasteiger partial charge in [0.05, 0.1) is 15.2 Å². The highest BCUT2D eigenvalue weighted by Gasteiger charge is 2.30. The highest BCUT2D eigenvalue weighted by atomic mass is 79.9. The first-order chi connectivity index (χ1) is 8.20. The van der Waals surface area contributed by atoms with E-state index >= 15 is 0 Å². The van der Waals surface area contributed by atoms with Crippen LogP contribution in [0.2, 0.25) is 0 Å². The van der Waals surface area contributed by atoms with E-state index in [-0.39, 0.29) is 5.78 Å². The van der Waals surface area contributed by atoms with E-state index in [0.29, 0.717) is 12.6 Å². The molecule has 0 amide bonds. The van der Waals surface area contributed by atoms with Gasteiger partial charge in [0.15, 0.2) is 5.78 Å². The summed E-state index contributed by atoms with van der Waals surface area (Å²) in [5.74, 6) is 0.267. The van der Waals surface area contributed by atoms with Crippen molar-refractivity contribution in [2.75, 3.05) is 13.1 Å². The Labute approximate surface area is 115 Å². The van der Waals surface area contributed by atoms with Crippen LogP contribution in [0, 0.1) is 0 Å². The molecule has 0 atom stereocenters. The molecule has 1 fully saturated rings. The number of hydrogen-bond acceptors (Lipinski definition) is 3. The van der Waals surface area contributed by atoms with Crippen molar-refractivity contribution in [1.29, 1.82) is 0 Å². The van der Waals surface area contributed by atoms with Crippen LogP contribution in [0.15, 0.2) is 15.9 Å². The molecule has 0 radical (unpaired) electrons. The SMILES string of the molecule is CCCCN(CC(=O)c1ccc(Br)s1)C1CC1. The summed E-state index contributed by atoms with van der Waals surface area (Å²) in [6.45, 7) is 3.86. The van der Waals surface area contributed by atoms with E-state index in [0.717, 1.165) is 15.2 Å². The van der Waals surface area contributed by atoms with Gasteiger partial charge in [0.1, 0.15) is 0 Å². The van der Waals surface area contributed by atoms with Crippen LogP contribution in [0.3, 0.4) is 0 Å². The molecule has 1 aromatic heterocycles. The maximum atomic E-state index is 12.1. The first-order valence-corrected chi connectivity index (χ1v) is 7.84. The lowest BCUT2D eigenvalue weighted by Crippen LogP contribution is -2.32.